The summed E-state index contributed by atoms with van der Waals surface area (Å²) in [7, 11) is 0. The molecule has 10 nitrogen and oxygen atoms in total. The summed E-state index contributed by atoms with van der Waals surface area (Å²) in [5.41, 5.74) is 2.47. The number of hydrogen-bond acceptors (Lipinski definition) is 7. The molecule has 5 rings (SSSR count). The number of nitrogens with zero attached hydrogens (tertiary/aromatic N) is 6. The monoisotopic (exact) mass is 378 g/mol. The van der Waals surface area contributed by atoms with E-state index < -0.39 is 0 Å². The molecule has 2 atom stereocenters. The number of rotatable bonds is 4. The average Bonchev–Trinajstić information content (AvgIpc) is 3.42. The van der Waals surface area contributed by atoms with Gasteiger partial charge in [0, 0.05) is 24.2 Å². The fraction of sp³-hybridized carbons (Fsp3) is 0.278. The quantitative estimate of drug-likeness (QED) is 0.545. The molecule has 0 radical (unpaired) electrons. The Morgan fingerprint density at radius 3 is 3.07 bits per heavy atom. The first-order valence-electron chi connectivity index (χ1n) is 8.93. The number of fused-ring (bicyclic) bond motifs is 1. The van der Waals surface area contributed by atoms with Crippen LogP contribution in [0.4, 0.5) is 5.82 Å². The van der Waals surface area contributed by atoms with Gasteiger partial charge in [-0.25, -0.2) is 19.3 Å². The zero-order chi connectivity index (χ0) is 19.1. The van der Waals surface area contributed by atoms with E-state index in [1.54, 1.807) is 29.2 Å². The third kappa shape index (κ3) is 2.83. The molecular weight excluding hydrogens is 360 g/mol. The van der Waals surface area contributed by atoms with Crippen LogP contribution in [0.1, 0.15) is 11.7 Å². The molecule has 1 saturated heterocycles. The number of H-pyrrole nitrogens is 1. The van der Waals surface area contributed by atoms with Crippen molar-refractivity contribution in [3.8, 4) is 5.82 Å². The minimum atomic E-state index is -0.274. The summed E-state index contributed by atoms with van der Waals surface area (Å²) in [5.74, 6) is 1.24. The lowest BCUT2D eigenvalue weighted by Crippen LogP contribution is -2.37. The van der Waals surface area contributed by atoms with E-state index in [1.165, 1.54) is 17.1 Å². The molecule has 142 valence electrons. The van der Waals surface area contributed by atoms with Crippen molar-refractivity contribution < 1.29 is 4.74 Å². The van der Waals surface area contributed by atoms with E-state index in [-0.39, 0.29) is 17.6 Å². The highest BCUT2D eigenvalue weighted by Crippen LogP contribution is 2.25. The number of anilines is 1. The predicted octanol–water partition coefficient (Wildman–Crippen LogP) is 1.06. The second kappa shape index (κ2) is 6.57. The van der Waals surface area contributed by atoms with Crippen LogP contribution in [0.2, 0.25) is 0 Å². The molecule has 2 N–H and O–H groups in total. The van der Waals surface area contributed by atoms with Crippen molar-refractivity contribution >= 4 is 16.9 Å². The maximum Gasteiger partial charge on any atom is 0.267 e. The first-order chi connectivity index (χ1) is 13.7. The van der Waals surface area contributed by atoms with Crippen molar-refractivity contribution in [3.63, 3.8) is 0 Å². The average molecular weight is 378 g/mol. The first-order valence-corrected chi connectivity index (χ1v) is 8.93. The number of aryl methyl sites for hydroxylation is 1. The van der Waals surface area contributed by atoms with Crippen molar-refractivity contribution in [1.29, 1.82) is 0 Å². The van der Waals surface area contributed by atoms with Crippen LogP contribution in [-0.4, -0.2) is 53.8 Å². The third-order valence-corrected chi connectivity index (χ3v) is 4.79. The molecule has 4 aromatic heterocycles. The molecule has 0 amide bonds. The van der Waals surface area contributed by atoms with Crippen molar-refractivity contribution in [2.24, 2.45) is 0 Å². The van der Waals surface area contributed by atoms with E-state index in [0.717, 1.165) is 16.7 Å². The Kier molecular flexibility index (Phi) is 3.90. The van der Waals surface area contributed by atoms with Gasteiger partial charge >= 0.3 is 0 Å². The highest BCUT2D eigenvalue weighted by molar-refractivity contribution is 5.86. The van der Waals surface area contributed by atoms with E-state index in [9.17, 15) is 4.79 Å². The summed E-state index contributed by atoms with van der Waals surface area (Å²) in [6, 6.07) is 6.48. The minimum Gasteiger partial charge on any atom is -0.377 e. The number of aromatic nitrogens is 7. The van der Waals surface area contributed by atoms with Gasteiger partial charge in [0.25, 0.3) is 5.56 Å². The summed E-state index contributed by atoms with van der Waals surface area (Å²) in [6.45, 7) is 2.79. The molecule has 0 spiro atoms. The number of hydrogen-bond donors (Lipinski definition) is 2. The van der Waals surface area contributed by atoms with Crippen LogP contribution in [0, 0.1) is 6.92 Å². The molecule has 2 unspecified atom stereocenters. The molecule has 28 heavy (non-hydrogen) atoms. The zero-order valence-electron chi connectivity index (χ0n) is 15.1. The third-order valence-electron chi connectivity index (χ3n) is 4.79. The van der Waals surface area contributed by atoms with Gasteiger partial charge in [0.1, 0.15) is 17.9 Å². The van der Waals surface area contributed by atoms with Gasteiger partial charge < -0.3 is 15.0 Å². The Balaban J connectivity index is 1.49. The van der Waals surface area contributed by atoms with E-state index in [0.29, 0.717) is 24.8 Å². The van der Waals surface area contributed by atoms with Crippen molar-refractivity contribution in [1.82, 2.24) is 34.5 Å². The topological polar surface area (TPSA) is 116 Å². The Morgan fingerprint density at radius 1 is 1.29 bits per heavy atom. The van der Waals surface area contributed by atoms with Gasteiger partial charge in [-0.05, 0) is 25.1 Å². The fourth-order valence-electron chi connectivity index (χ4n) is 3.46. The summed E-state index contributed by atoms with van der Waals surface area (Å²) in [4.78, 5) is 24.4. The highest BCUT2D eigenvalue weighted by Gasteiger charge is 2.32. The molecule has 4 aromatic rings. The van der Waals surface area contributed by atoms with Gasteiger partial charge in [0.2, 0.25) is 0 Å². The highest BCUT2D eigenvalue weighted by atomic mass is 16.5. The molecule has 10 heteroatoms. The van der Waals surface area contributed by atoms with Crippen molar-refractivity contribution in [2.45, 2.75) is 19.0 Å². The van der Waals surface area contributed by atoms with E-state index in [1.807, 2.05) is 13.0 Å². The number of aromatic amines is 1. The first kappa shape index (κ1) is 16.6. The second-order valence-corrected chi connectivity index (χ2v) is 6.72. The molecule has 0 aromatic carbocycles. The summed E-state index contributed by atoms with van der Waals surface area (Å²) in [6.07, 6.45) is 4.97. The summed E-state index contributed by atoms with van der Waals surface area (Å²) in [5, 5.41) is 12.1. The van der Waals surface area contributed by atoms with Gasteiger partial charge in [-0.3, -0.25) is 4.79 Å². The van der Waals surface area contributed by atoms with Gasteiger partial charge in [0.05, 0.1) is 24.8 Å². The molecule has 0 saturated carbocycles. The standard InChI is InChI=1S/C18H18N8O2/c1-11-7-12-17(22-11)18(20-10-19-12)23-13-8-28-9-14(13)26-16(27)4-3-15(24-26)25-6-2-5-21-25/h2-7,10,13-14,22H,8-9H2,1H3,(H,19,20,23). The molecule has 0 aliphatic carbocycles. The zero-order valence-corrected chi connectivity index (χ0v) is 15.1. The Labute approximate surface area is 159 Å². The smallest absolute Gasteiger partial charge is 0.267 e. The SMILES string of the molecule is Cc1cc2ncnc(NC3COCC3n3nc(-n4cccn4)ccc3=O)c2[nH]1. The maximum atomic E-state index is 12.5. The van der Waals surface area contributed by atoms with E-state index in [4.69, 9.17) is 4.74 Å². The van der Waals surface area contributed by atoms with Crippen LogP contribution in [0.15, 0.2) is 47.8 Å². The molecule has 0 bridgehead atoms. The molecule has 5 heterocycles. The maximum absolute atomic E-state index is 12.5. The fourth-order valence-corrected chi connectivity index (χ4v) is 3.46. The number of ether oxygens (including phenoxy) is 1. The normalized spacial score (nSPS) is 19.3. The lowest BCUT2D eigenvalue weighted by molar-refractivity contribution is 0.182. The van der Waals surface area contributed by atoms with Gasteiger partial charge in [0.15, 0.2) is 11.6 Å². The summed E-state index contributed by atoms with van der Waals surface area (Å²) < 4.78 is 8.73. The van der Waals surface area contributed by atoms with E-state index >= 15 is 0 Å². The second-order valence-electron chi connectivity index (χ2n) is 6.72. The lowest BCUT2D eigenvalue weighted by atomic mass is 10.1. The van der Waals surface area contributed by atoms with Gasteiger partial charge in [-0.15, -0.1) is 5.10 Å². The molecular formula is C18H18N8O2. The largest absolute Gasteiger partial charge is 0.377 e. The van der Waals surface area contributed by atoms with Crippen LogP contribution in [0.3, 0.4) is 0 Å². The van der Waals surface area contributed by atoms with Crippen LogP contribution >= 0.6 is 0 Å². The van der Waals surface area contributed by atoms with Crippen LogP contribution in [-0.2, 0) is 4.74 Å². The van der Waals surface area contributed by atoms with Gasteiger partial charge in [-0.1, -0.05) is 0 Å². The number of nitrogens with one attached hydrogen (secondary N) is 2. The Hall–Kier alpha value is -3.53. The van der Waals surface area contributed by atoms with Crippen molar-refractivity contribution in [3.05, 3.63) is 59.0 Å². The van der Waals surface area contributed by atoms with Crippen molar-refractivity contribution in [2.75, 3.05) is 18.5 Å². The van der Waals surface area contributed by atoms with Gasteiger partial charge in [-0.2, -0.15) is 5.10 Å². The summed E-state index contributed by atoms with van der Waals surface area (Å²) >= 11 is 0. The lowest BCUT2D eigenvalue weighted by Gasteiger charge is -2.21. The van der Waals surface area contributed by atoms with Crippen LogP contribution in [0.5, 0.6) is 0 Å². The predicted molar refractivity (Wildman–Crippen MR) is 102 cm³/mol. The van der Waals surface area contributed by atoms with E-state index in [2.05, 4.69) is 30.5 Å². The Bertz CT molecular complexity index is 1180. The molecule has 1 aliphatic rings. The molecule has 1 fully saturated rings. The minimum absolute atomic E-state index is 0.167. The van der Waals surface area contributed by atoms with Crippen LogP contribution < -0.4 is 10.9 Å². The molecule has 1 aliphatic heterocycles. The van der Waals surface area contributed by atoms with Crippen LogP contribution in [0.25, 0.3) is 16.9 Å². The Morgan fingerprint density at radius 2 is 2.21 bits per heavy atom.